The minimum absolute atomic E-state index is 0.0247. The van der Waals surface area contributed by atoms with E-state index in [0.29, 0.717) is 47.8 Å². The zero-order valence-electron chi connectivity index (χ0n) is 21.6. The van der Waals surface area contributed by atoms with Gasteiger partial charge in [0.25, 0.3) is 10.0 Å². The number of piperidine rings is 2. The van der Waals surface area contributed by atoms with Crippen molar-refractivity contribution in [3.63, 3.8) is 0 Å². The molecule has 7 nitrogen and oxygen atoms in total. The maximum Gasteiger partial charge on any atom is 0.285 e. The van der Waals surface area contributed by atoms with Crippen molar-refractivity contribution in [1.82, 2.24) is 15.1 Å². The molecule has 0 radical (unpaired) electrons. The van der Waals surface area contributed by atoms with Crippen LogP contribution in [-0.4, -0.2) is 69.2 Å². The van der Waals surface area contributed by atoms with Gasteiger partial charge in [0, 0.05) is 37.7 Å². The molecule has 4 rings (SSSR count). The molecule has 3 aliphatic rings. The number of amidine groups is 1. The second-order valence-corrected chi connectivity index (χ2v) is 12.1. The van der Waals surface area contributed by atoms with Crippen molar-refractivity contribution < 1.29 is 13.2 Å². The second-order valence-electron chi connectivity index (χ2n) is 10.6. The molecule has 35 heavy (non-hydrogen) atoms. The van der Waals surface area contributed by atoms with Gasteiger partial charge in [0.2, 0.25) is 5.91 Å². The third-order valence-corrected chi connectivity index (χ3v) is 9.24. The first-order valence-electron chi connectivity index (χ1n) is 13.0. The summed E-state index contributed by atoms with van der Waals surface area (Å²) in [6.45, 7) is 13.5. The first-order valence-corrected chi connectivity index (χ1v) is 14.5. The van der Waals surface area contributed by atoms with Gasteiger partial charge in [-0.05, 0) is 88.6 Å². The van der Waals surface area contributed by atoms with E-state index in [0.717, 1.165) is 36.6 Å². The molecule has 1 N–H and O–H groups in total. The van der Waals surface area contributed by atoms with Crippen LogP contribution in [-0.2, 0) is 14.8 Å². The van der Waals surface area contributed by atoms with E-state index in [-0.39, 0.29) is 11.8 Å². The summed E-state index contributed by atoms with van der Waals surface area (Å²) in [5.74, 6) is 1.41. The van der Waals surface area contributed by atoms with E-state index >= 15 is 0 Å². The van der Waals surface area contributed by atoms with Gasteiger partial charge in [-0.3, -0.25) is 4.79 Å². The highest BCUT2D eigenvalue weighted by molar-refractivity contribution is 8.00. The van der Waals surface area contributed by atoms with Gasteiger partial charge in [0.05, 0.1) is 0 Å². The predicted molar refractivity (Wildman–Crippen MR) is 142 cm³/mol. The lowest BCUT2D eigenvalue weighted by atomic mass is 9.95. The molecule has 2 saturated heterocycles. The highest BCUT2D eigenvalue weighted by Gasteiger charge is 2.35. The molecule has 0 aliphatic carbocycles. The number of likely N-dealkylation sites (tertiary alicyclic amines) is 2. The standard InChI is InChI=1S/C27H40N4O3S/c1-19-7-5-13-30(18-19)14-6-12-28-27(32)23-10-15-31(16-11-23)26-22(4)25(35(33,34)29-26)24-9-8-20(2)21(3)17-24/h8-9,17,19,23H,5-7,10-16,18H2,1-4H3,(H,28,32)/t19-/m0/s1. The minimum Gasteiger partial charge on any atom is -0.356 e. The zero-order valence-corrected chi connectivity index (χ0v) is 22.5. The third kappa shape index (κ3) is 5.97. The van der Waals surface area contributed by atoms with Crippen LogP contribution in [0.15, 0.2) is 28.2 Å². The quantitative estimate of drug-likeness (QED) is 0.602. The second kappa shape index (κ2) is 10.8. The Morgan fingerprint density at radius 2 is 1.83 bits per heavy atom. The van der Waals surface area contributed by atoms with Gasteiger partial charge >= 0.3 is 0 Å². The van der Waals surface area contributed by atoms with Crippen LogP contribution in [0, 0.1) is 25.7 Å². The molecule has 8 heteroatoms. The summed E-state index contributed by atoms with van der Waals surface area (Å²) in [4.78, 5) is 17.6. The molecule has 3 aliphatic heterocycles. The molecule has 2 fully saturated rings. The molecular weight excluding hydrogens is 460 g/mol. The number of nitrogens with zero attached hydrogens (tertiary/aromatic N) is 3. The molecule has 1 amide bonds. The number of carbonyl (C=O) groups is 1. The van der Waals surface area contributed by atoms with E-state index < -0.39 is 10.0 Å². The molecule has 0 unspecified atom stereocenters. The summed E-state index contributed by atoms with van der Waals surface area (Å²) in [6, 6.07) is 5.74. The van der Waals surface area contributed by atoms with Crippen molar-refractivity contribution in [1.29, 1.82) is 0 Å². The van der Waals surface area contributed by atoms with Crippen molar-refractivity contribution in [2.24, 2.45) is 16.2 Å². The fourth-order valence-corrected chi connectivity index (χ4v) is 7.04. The third-order valence-electron chi connectivity index (χ3n) is 7.77. The normalized spacial score (nSPS) is 23.5. The van der Waals surface area contributed by atoms with Crippen molar-refractivity contribution >= 4 is 26.7 Å². The molecule has 1 atom stereocenters. The van der Waals surface area contributed by atoms with Crippen molar-refractivity contribution in [3.05, 3.63) is 40.5 Å². The number of hydrogen-bond acceptors (Lipinski definition) is 5. The Labute approximate surface area is 210 Å². The van der Waals surface area contributed by atoms with E-state index in [1.165, 1.54) is 25.9 Å². The molecule has 1 aromatic rings. The maximum atomic E-state index is 12.9. The van der Waals surface area contributed by atoms with Crippen LogP contribution in [0.1, 0.15) is 62.6 Å². The Kier molecular flexibility index (Phi) is 8.01. The molecular formula is C27H40N4O3S. The highest BCUT2D eigenvalue weighted by atomic mass is 32.2. The Morgan fingerprint density at radius 3 is 2.51 bits per heavy atom. The summed E-state index contributed by atoms with van der Waals surface area (Å²) in [7, 11) is -3.73. The monoisotopic (exact) mass is 500 g/mol. The van der Waals surface area contributed by atoms with Crippen molar-refractivity contribution in [2.45, 2.75) is 59.8 Å². The van der Waals surface area contributed by atoms with E-state index in [2.05, 4.69) is 21.5 Å². The average molecular weight is 501 g/mol. The van der Waals surface area contributed by atoms with Crippen molar-refractivity contribution in [3.8, 4) is 0 Å². The molecule has 0 bridgehead atoms. The summed E-state index contributed by atoms with van der Waals surface area (Å²) < 4.78 is 30.0. The van der Waals surface area contributed by atoms with Gasteiger partial charge in [-0.15, -0.1) is 4.40 Å². The first kappa shape index (κ1) is 25.9. The highest BCUT2D eigenvalue weighted by Crippen LogP contribution is 2.35. The average Bonchev–Trinajstić information content (AvgIpc) is 3.07. The summed E-state index contributed by atoms with van der Waals surface area (Å²) in [5.41, 5.74) is 3.58. The molecule has 0 aromatic heterocycles. The molecule has 3 heterocycles. The number of aryl methyl sites for hydroxylation is 2. The lowest BCUT2D eigenvalue weighted by molar-refractivity contribution is -0.126. The lowest BCUT2D eigenvalue weighted by Crippen LogP contribution is -2.43. The number of carbonyl (C=O) groups excluding carboxylic acids is 1. The van der Waals surface area contributed by atoms with E-state index in [4.69, 9.17) is 0 Å². The summed E-state index contributed by atoms with van der Waals surface area (Å²) >= 11 is 0. The lowest BCUT2D eigenvalue weighted by Gasteiger charge is -2.33. The minimum atomic E-state index is -3.73. The molecule has 192 valence electrons. The number of hydrogen-bond donors (Lipinski definition) is 1. The van der Waals surface area contributed by atoms with Gasteiger partial charge in [-0.1, -0.05) is 25.1 Å². The maximum absolute atomic E-state index is 12.9. The van der Waals surface area contributed by atoms with Gasteiger partial charge in [0.15, 0.2) is 0 Å². The van der Waals surface area contributed by atoms with Gasteiger partial charge < -0.3 is 15.1 Å². The Bertz CT molecular complexity index is 1120. The van der Waals surface area contributed by atoms with Crippen LogP contribution in [0.5, 0.6) is 0 Å². The zero-order chi connectivity index (χ0) is 25.2. The van der Waals surface area contributed by atoms with E-state index in [9.17, 15) is 13.2 Å². The van der Waals surface area contributed by atoms with Crippen LogP contribution in [0.25, 0.3) is 4.91 Å². The van der Waals surface area contributed by atoms with Crippen molar-refractivity contribution in [2.75, 3.05) is 39.3 Å². The number of nitrogens with one attached hydrogen (secondary N) is 1. The number of rotatable bonds is 6. The Hall–Kier alpha value is -2.19. The van der Waals surface area contributed by atoms with Crippen LogP contribution in [0.2, 0.25) is 0 Å². The molecule has 1 aromatic carbocycles. The Morgan fingerprint density at radius 1 is 1.09 bits per heavy atom. The predicted octanol–water partition coefficient (Wildman–Crippen LogP) is 3.73. The fraction of sp³-hybridized carbons (Fsp3) is 0.630. The smallest absolute Gasteiger partial charge is 0.285 e. The largest absolute Gasteiger partial charge is 0.356 e. The Balaban J connectivity index is 1.29. The van der Waals surface area contributed by atoms with Gasteiger partial charge in [-0.2, -0.15) is 8.42 Å². The van der Waals surface area contributed by atoms with E-state index in [1.54, 1.807) is 0 Å². The number of amides is 1. The number of benzene rings is 1. The van der Waals surface area contributed by atoms with Crippen LogP contribution in [0.3, 0.4) is 0 Å². The van der Waals surface area contributed by atoms with Crippen LogP contribution < -0.4 is 5.32 Å². The van der Waals surface area contributed by atoms with Crippen LogP contribution >= 0.6 is 0 Å². The van der Waals surface area contributed by atoms with Crippen LogP contribution in [0.4, 0.5) is 0 Å². The fourth-order valence-electron chi connectivity index (χ4n) is 5.57. The summed E-state index contributed by atoms with van der Waals surface area (Å²) in [6.07, 6.45) is 5.00. The van der Waals surface area contributed by atoms with Gasteiger partial charge in [-0.25, -0.2) is 0 Å². The topological polar surface area (TPSA) is 82.1 Å². The van der Waals surface area contributed by atoms with E-state index in [1.807, 2.05) is 43.9 Å². The van der Waals surface area contributed by atoms with Gasteiger partial charge in [0.1, 0.15) is 10.7 Å². The molecule has 0 spiro atoms. The number of sulfonamides is 1. The molecule has 0 saturated carbocycles. The summed E-state index contributed by atoms with van der Waals surface area (Å²) in [5, 5.41) is 3.13. The SMILES string of the molecule is CC1=C(c2ccc(C)c(C)c2)S(=O)(=O)N=C1N1CCC(C(=O)NCCCN2CCC[C@H](C)C2)CC1. The first-order chi connectivity index (χ1) is 16.7.